The number of anilines is 1. The molecule has 0 aromatic carbocycles. The first-order chi connectivity index (χ1) is 22.9. The number of nitrogens with zero attached hydrogens (tertiary/aromatic N) is 7. The molecule has 47 heavy (non-hydrogen) atoms. The van der Waals surface area contributed by atoms with Gasteiger partial charge >= 0.3 is 5.97 Å². The molecule has 1 fully saturated rings. The number of morpholine rings is 1. The number of aliphatic imine (C=N–C) groups is 1. The summed E-state index contributed by atoms with van der Waals surface area (Å²) >= 11 is 0. The van der Waals surface area contributed by atoms with Crippen LogP contribution in [0.15, 0.2) is 47.7 Å². The van der Waals surface area contributed by atoms with Gasteiger partial charge in [0.25, 0.3) is 11.8 Å². The number of hydrogen-bond acceptors (Lipinski definition) is 10. The van der Waals surface area contributed by atoms with E-state index in [1.54, 1.807) is 34.3 Å². The number of aromatic nitrogens is 3. The average Bonchev–Trinajstić information content (AvgIpc) is 3.47. The third kappa shape index (κ3) is 6.28. The number of aryl methyl sites for hydroxylation is 1. The lowest BCUT2D eigenvalue weighted by Gasteiger charge is -2.32. The van der Waals surface area contributed by atoms with Crippen LogP contribution >= 0.6 is 0 Å². The van der Waals surface area contributed by atoms with Crippen LogP contribution in [0, 0.1) is 0 Å². The highest BCUT2D eigenvalue weighted by molar-refractivity contribution is 6.07. The highest BCUT2D eigenvalue weighted by Gasteiger charge is 2.33. The number of hydrogen-bond donors (Lipinski definition) is 1. The van der Waals surface area contributed by atoms with E-state index in [0.717, 1.165) is 37.0 Å². The normalized spacial score (nSPS) is 19.1. The number of nitrogens with one attached hydrogen (secondary N) is 1. The first-order valence-electron chi connectivity index (χ1n) is 16.1. The SMILES string of the molecule is CC(=O)OCc1c(C2=CC(=Nc3ccc(C(=O)N4CCOCC4)cn3)CN(C)N2)ccnc1N1CCn2c(cc3c2CCCC3)C1=O. The third-order valence-electron chi connectivity index (χ3n) is 8.99. The number of carbonyl (C=O) groups excluding carboxylic acids is 3. The largest absolute Gasteiger partial charge is 0.461 e. The Morgan fingerprint density at radius 1 is 1.06 bits per heavy atom. The maximum atomic E-state index is 13.9. The quantitative estimate of drug-likeness (QED) is 0.405. The summed E-state index contributed by atoms with van der Waals surface area (Å²) in [5.41, 5.74) is 9.93. The van der Waals surface area contributed by atoms with Gasteiger partial charge in [-0.05, 0) is 61.6 Å². The number of pyridine rings is 2. The molecule has 0 saturated carbocycles. The zero-order chi connectivity index (χ0) is 32.5. The zero-order valence-corrected chi connectivity index (χ0v) is 26.7. The molecule has 0 unspecified atom stereocenters. The third-order valence-corrected chi connectivity index (χ3v) is 8.99. The first-order valence-corrected chi connectivity index (χ1v) is 16.1. The van der Waals surface area contributed by atoms with E-state index in [4.69, 9.17) is 14.5 Å². The number of ether oxygens (including phenoxy) is 2. The Hall–Kier alpha value is -4.88. The molecule has 3 aromatic rings. The Labute approximate surface area is 272 Å². The van der Waals surface area contributed by atoms with Crippen molar-refractivity contribution in [1.82, 2.24) is 29.9 Å². The smallest absolute Gasteiger partial charge is 0.302 e. The van der Waals surface area contributed by atoms with Crippen LogP contribution in [0.25, 0.3) is 5.70 Å². The molecular formula is C34H38N8O5. The fraction of sp³-hybridized carbons (Fsp3) is 0.412. The van der Waals surface area contributed by atoms with Crippen molar-refractivity contribution < 1.29 is 23.9 Å². The average molecular weight is 639 g/mol. The van der Waals surface area contributed by atoms with Crippen molar-refractivity contribution >= 4 is 40.8 Å². The molecule has 0 radical (unpaired) electrons. The lowest BCUT2D eigenvalue weighted by Crippen LogP contribution is -2.42. The number of fused-ring (bicyclic) bond motifs is 3. The molecule has 0 atom stereocenters. The summed E-state index contributed by atoms with van der Waals surface area (Å²) in [7, 11) is 1.90. The van der Waals surface area contributed by atoms with E-state index in [0.29, 0.717) is 80.1 Å². The van der Waals surface area contributed by atoms with Gasteiger partial charge in [-0.3, -0.25) is 19.3 Å². The standard InChI is InChI=1S/C34H38N8O5/c1-22(43)47-21-27-26(9-10-35-32(27)42-12-11-41-29-6-4-3-5-23(29)17-30(41)34(42)45)28-18-25(20-39(2)38-28)37-31-8-7-24(19-36-31)33(44)40-13-15-46-16-14-40/h7-10,17-19,38H,3-6,11-16,20-21H2,1-2H3. The fourth-order valence-corrected chi connectivity index (χ4v) is 6.73. The summed E-state index contributed by atoms with van der Waals surface area (Å²) in [6.45, 7) is 5.14. The number of amides is 2. The topological polar surface area (TPSA) is 134 Å². The van der Waals surface area contributed by atoms with E-state index >= 15 is 0 Å². The van der Waals surface area contributed by atoms with Gasteiger partial charge in [0.1, 0.15) is 18.1 Å². The maximum absolute atomic E-state index is 13.9. The Bertz CT molecular complexity index is 1770. The van der Waals surface area contributed by atoms with E-state index in [1.165, 1.54) is 18.2 Å². The molecule has 0 spiro atoms. The predicted octanol–water partition coefficient (Wildman–Crippen LogP) is 2.92. The summed E-state index contributed by atoms with van der Waals surface area (Å²) in [4.78, 5) is 56.1. The molecule has 13 nitrogen and oxygen atoms in total. The summed E-state index contributed by atoms with van der Waals surface area (Å²) in [6.07, 6.45) is 9.43. The van der Waals surface area contributed by atoms with Crippen molar-refractivity contribution in [2.75, 3.05) is 51.3 Å². The van der Waals surface area contributed by atoms with Gasteiger partial charge < -0.3 is 24.4 Å². The van der Waals surface area contributed by atoms with Crippen molar-refractivity contribution in [1.29, 1.82) is 0 Å². The minimum Gasteiger partial charge on any atom is -0.461 e. The molecule has 2 amide bonds. The summed E-state index contributed by atoms with van der Waals surface area (Å²) in [5, 5.41) is 1.89. The van der Waals surface area contributed by atoms with E-state index in [9.17, 15) is 14.4 Å². The van der Waals surface area contributed by atoms with Crippen molar-refractivity contribution in [2.24, 2.45) is 4.99 Å². The predicted molar refractivity (Wildman–Crippen MR) is 174 cm³/mol. The molecule has 1 saturated heterocycles. The second-order valence-electron chi connectivity index (χ2n) is 12.2. The van der Waals surface area contributed by atoms with Crippen LogP contribution in [-0.2, 0) is 40.3 Å². The van der Waals surface area contributed by atoms with Crippen molar-refractivity contribution in [3.63, 3.8) is 0 Å². The van der Waals surface area contributed by atoms with Gasteiger partial charge in [0.05, 0.1) is 36.7 Å². The first kappa shape index (κ1) is 30.8. The van der Waals surface area contributed by atoms with E-state index in [1.807, 2.05) is 30.3 Å². The molecule has 1 aliphatic carbocycles. The van der Waals surface area contributed by atoms with Crippen molar-refractivity contribution in [2.45, 2.75) is 45.8 Å². The number of hydrazine groups is 1. The summed E-state index contributed by atoms with van der Waals surface area (Å²) in [6, 6.07) is 7.37. The van der Waals surface area contributed by atoms with Crippen molar-refractivity contribution in [3.8, 4) is 0 Å². The Morgan fingerprint density at radius 2 is 1.89 bits per heavy atom. The molecule has 13 heteroatoms. The van der Waals surface area contributed by atoms with Gasteiger partial charge in [0.2, 0.25) is 0 Å². The fourth-order valence-electron chi connectivity index (χ4n) is 6.73. The lowest BCUT2D eigenvalue weighted by molar-refractivity contribution is -0.142. The van der Waals surface area contributed by atoms with E-state index in [2.05, 4.69) is 20.0 Å². The lowest BCUT2D eigenvalue weighted by atomic mass is 9.98. The Kier molecular flexibility index (Phi) is 8.56. The van der Waals surface area contributed by atoms with Crippen LogP contribution in [0.2, 0.25) is 0 Å². The molecule has 7 rings (SSSR count). The van der Waals surface area contributed by atoms with Crippen LogP contribution in [0.1, 0.15) is 63.0 Å². The van der Waals surface area contributed by atoms with E-state index in [-0.39, 0.29) is 18.4 Å². The molecule has 0 bridgehead atoms. The van der Waals surface area contributed by atoms with Crippen LogP contribution in [0.5, 0.6) is 0 Å². The van der Waals surface area contributed by atoms with Crippen LogP contribution < -0.4 is 10.3 Å². The Morgan fingerprint density at radius 3 is 2.68 bits per heavy atom. The van der Waals surface area contributed by atoms with Crippen LogP contribution in [0.4, 0.5) is 11.6 Å². The van der Waals surface area contributed by atoms with Gasteiger partial charge in [0, 0.05) is 69.4 Å². The zero-order valence-electron chi connectivity index (χ0n) is 26.7. The molecule has 244 valence electrons. The molecule has 3 aliphatic heterocycles. The molecule has 3 aromatic heterocycles. The monoisotopic (exact) mass is 638 g/mol. The molecule has 1 N–H and O–H groups in total. The van der Waals surface area contributed by atoms with Crippen LogP contribution in [-0.4, -0.2) is 94.4 Å². The second-order valence-corrected chi connectivity index (χ2v) is 12.2. The minimum atomic E-state index is -0.427. The van der Waals surface area contributed by atoms with Gasteiger partial charge in [-0.1, -0.05) is 0 Å². The molecule has 6 heterocycles. The van der Waals surface area contributed by atoms with Gasteiger partial charge in [-0.25, -0.2) is 20.0 Å². The van der Waals surface area contributed by atoms with Gasteiger partial charge in [-0.2, -0.15) is 0 Å². The van der Waals surface area contributed by atoms with Gasteiger partial charge in [0.15, 0.2) is 5.82 Å². The summed E-state index contributed by atoms with van der Waals surface area (Å²) < 4.78 is 13.0. The summed E-state index contributed by atoms with van der Waals surface area (Å²) in [5.74, 6) is 0.340. The minimum absolute atomic E-state index is 0.0511. The second kappa shape index (κ2) is 13.1. The Balaban J connectivity index is 1.19. The van der Waals surface area contributed by atoms with E-state index < -0.39 is 5.97 Å². The molecule has 4 aliphatic rings. The number of carbonyl (C=O) groups is 3. The number of rotatable bonds is 6. The highest BCUT2D eigenvalue weighted by Crippen LogP contribution is 2.33. The number of esters is 1. The highest BCUT2D eigenvalue weighted by atomic mass is 16.5. The van der Waals surface area contributed by atoms with Crippen molar-refractivity contribution in [3.05, 3.63) is 76.4 Å². The van der Waals surface area contributed by atoms with Gasteiger partial charge in [-0.15, -0.1) is 0 Å². The maximum Gasteiger partial charge on any atom is 0.302 e. The van der Waals surface area contributed by atoms with Crippen LogP contribution in [0.3, 0.4) is 0 Å². The molecular weight excluding hydrogens is 600 g/mol.